The lowest BCUT2D eigenvalue weighted by Crippen LogP contribution is -2.44. The van der Waals surface area contributed by atoms with Crippen LogP contribution in [-0.2, 0) is 9.84 Å². The summed E-state index contributed by atoms with van der Waals surface area (Å²) in [5.74, 6) is -0.0754. The largest absolute Gasteiger partial charge is 0.333 e. The van der Waals surface area contributed by atoms with E-state index in [1.54, 1.807) is 0 Å². The summed E-state index contributed by atoms with van der Waals surface area (Å²) < 4.78 is 23.0. The first kappa shape index (κ1) is 17.2. The summed E-state index contributed by atoms with van der Waals surface area (Å²) in [7, 11) is -3.25. The summed E-state index contributed by atoms with van der Waals surface area (Å²) in [5.41, 5.74) is 0. The average molecular weight is 317 g/mol. The second-order valence-corrected chi connectivity index (χ2v) is 8.07. The third-order valence-electron chi connectivity index (χ3n) is 3.58. The molecule has 1 aromatic rings. The number of carbonyl (C=O) groups excluding carboxylic acids is 1. The van der Waals surface area contributed by atoms with Crippen molar-refractivity contribution in [1.29, 1.82) is 0 Å². The molecule has 2 unspecified atom stereocenters. The Labute approximate surface area is 125 Å². The van der Waals surface area contributed by atoms with E-state index in [-0.39, 0.29) is 22.9 Å². The van der Waals surface area contributed by atoms with Crippen molar-refractivity contribution in [3.63, 3.8) is 0 Å². The molecule has 0 fully saturated rings. The lowest BCUT2D eigenvalue weighted by atomic mass is 10.1. The molecule has 1 aromatic heterocycles. The first-order valence-electron chi connectivity index (χ1n) is 6.83. The highest BCUT2D eigenvalue weighted by atomic mass is 32.2. The van der Waals surface area contributed by atoms with E-state index in [0.29, 0.717) is 4.88 Å². The summed E-state index contributed by atoms with van der Waals surface area (Å²) in [4.78, 5) is 15.2. The van der Waals surface area contributed by atoms with E-state index in [0.717, 1.165) is 19.1 Å². The topological polar surface area (TPSA) is 54.5 Å². The zero-order chi connectivity index (χ0) is 15.5. The van der Waals surface area contributed by atoms with Crippen LogP contribution in [-0.4, -0.2) is 37.6 Å². The zero-order valence-electron chi connectivity index (χ0n) is 12.7. The Bertz CT molecular complexity index is 553. The maximum Gasteiger partial charge on any atom is 0.264 e. The number of hydrogen-bond acceptors (Lipinski definition) is 4. The molecular formula is C14H23NO3S2. The van der Waals surface area contributed by atoms with Gasteiger partial charge in [-0.05, 0) is 32.8 Å². The second kappa shape index (κ2) is 6.72. The van der Waals surface area contributed by atoms with Crippen molar-refractivity contribution in [3.8, 4) is 0 Å². The Morgan fingerprint density at radius 3 is 2.10 bits per heavy atom. The lowest BCUT2D eigenvalue weighted by molar-refractivity contribution is 0.0603. The number of nitrogens with zero attached hydrogens (tertiary/aromatic N) is 1. The van der Waals surface area contributed by atoms with Crippen LogP contribution in [0.25, 0.3) is 0 Å². The van der Waals surface area contributed by atoms with Gasteiger partial charge in [-0.3, -0.25) is 4.79 Å². The highest BCUT2D eigenvalue weighted by molar-refractivity contribution is 7.90. The predicted octanol–water partition coefficient (Wildman–Crippen LogP) is 3.19. The van der Waals surface area contributed by atoms with Gasteiger partial charge >= 0.3 is 0 Å². The Morgan fingerprint density at radius 2 is 1.75 bits per heavy atom. The molecule has 6 heteroatoms. The summed E-state index contributed by atoms with van der Waals surface area (Å²) in [6.45, 7) is 8.14. The van der Waals surface area contributed by atoms with Gasteiger partial charge in [-0.25, -0.2) is 8.42 Å². The fraction of sp³-hybridized carbons (Fsp3) is 0.643. The van der Waals surface area contributed by atoms with E-state index in [2.05, 4.69) is 0 Å². The molecule has 0 saturated carbocycles. The molecule has 4 nitrogen and oxygen atoms in total. The minimum absolute atomic E-state index is 0.0754. The van der Waals surface area contributed by atoms with Crippen LogP contribution in [0.4, 0.5) is 0 Å². The maximum atomic E-state index is 12.6. The quantitative estimate of drug-likeness (QED) is 0.809. The number of thiophene rings is 1. The van der Waals surface area contributed by atoms with Crippen LogP contribution in [0.2, 0.25) is 0 Å². The predicted molar refractivity (Wildman–Crippen MR) is 83.1 cm³/mol. The van der Waals surface area contributed by atoms with E-state index in [9.17, 15) is 13.2 Å². The van der Waals surface area contributed by atoms with E-state index in [4.69, 9.17) is 0 Å². The van der Waals surface area contributed by atoms with Gasteiger partial charge in [-0.1, -0.05) is 13.8 Å². The molecule has 114 valence electrons. The number of carbonyl (C=O) groups is 1. The number of amides is 1. The van der Waals surface area contributed by atoms with Gasteiger partial charge in [0.15, 0.2) is 9.84 Å². The normalized spacial score (nSPS) is 14.8. The van der Waals surface area contributed by atoms with Gasteiger partial charge in [-0.15, -0.1) is 11.3 Å². The molecule has 0 aliphatic heterocycles. The van der Waals surface area contributed by atoms with Crippen molar-refractivity contribution in [1.82, 2.24) is 4.90 Å². The highest BCUT2D eigenvalue weighted by Crippen LogP contribution is 2.23. The van der Waals surface area contributed by atoms with Crippen molar-refractivity contribution in [2.24, 2.45) is 0 Å². The molecule has 0 radical (unpaired) electrons. The Kier molecular flexibility index (Phi) is 5.77. The van der Waals surface area contributed by atoms with E-state index in [1.165, 1.54) is 22.8 Å². The SMILES string of the molecule is CCC(C)N(C(=O)c1cc(S(C)(=O)=O)cs1)C(C)CC. The molecule has 0 spiro atoms. The van der Waals surface area contributed by atoms with Gasteiger partial charge < -0.3 is 4.90 Å². The van der Waals surface area contributed by atoms with Gasteiger partial charge in [-0.2, -0.15) is 0 Å². The number of rotatable bonds is 6. The molecule has 2 atom stereocenters. The molecule has 1 heterocycles. The molecule has 0 bridgehead atoms. The highest BCUT2D eigenvalue weighted by Gasteiger charge is 2.26. The van der Waals surface area contributed by atoms with Gasteiger partial charge in [0.2, 0.25) is 0 Å². The van der Waals surface area contributed by atoms with Crippen LogP contribution in [0.1, 0.15) is 50.2 Å². The van der Waals surface area contributed by atoms with Gasteiger partial charge in [0.25, 0.3) is 5.91 Å². The van der Waals surface area contributed by atoms with E-state index < -0.39 is 9.84 Å². The van der Waals surface area contributed by atoms with Gasteiger partial charge in [0.1, 0.15) is 0 Å². The first-order valence-corrected chi connectivity index (χ1v) is 9.60. The minimum Gasteiger partial charge on any atom is -0.333 e. The van der Waals surface area contributed by atoms with Gasteiger partial charge in [0, 0.05) is 23.7 Å². The van der Waals surface area contributed by atoms with Crippen molar-refractivity contribution in [3.05, 3.63) is 16.3 Å². The van der Waals surface area contributed by atoms with Crippen molar-refractivity contribution < 1.29 is 13.2 Å². The van der Waals surface area contributed by atoms with Crippen LogP contribution >= 0.6 is 11.3 Å². The molecule has 20 heavy (non-hydrogen) atoms. The molecule has 1 amide bonds. The summed E-state index contributed by atoms with van der Waals surface area (Å²) in [6.07, 6.45) is 2.91. The fourth-order valence-electron chi connectivity index (χ4n) is 1.98. The first-order chi connectivity index (χ1) is 9.22. The summed E-state index contributed by atoms with van der Waals surface area (Å²) in [5, 5.41) is 1.54. The fourth-order valence-corrected chi connectivity index (χ4v) is 3.94. The standard InChI is InChI=1S/C14H23NO3S2/c1-6-10(3)15(11(4)7-2)14(16)13-8-12(9-19-13)20(5,17)18/h8-11H,6-7H2,1-5H3. The Balaban J connectivity index is 3.10. The molecular weight excluding hydrogens is 294 g/mol. The summed E-state index contributed by atoms with van der Waals surface area (Å²) >= 11 is 1.20. The third kappa shape index (κ3) is 3.82. The number of hydrogen-bond donors (Lipinski definition) is 0. The van der Waals surface area contributed by atoms with Crippen LogP contribution in [0, 0.1) is 0 Å². The van der Waals surface area contributed by atoms with Crippen LogP contribution in [0.15, 0.2) is 16.3 Å². The third-order valence-corrected chi connectivity index (χ3v) is 5.74. The maximum absolute atomic E-state index is 12.6. The van der Waals surface area contributed by atoms with Crippen molar-refractivity contribution in [2.75, 3.05) is 6.26 Å². The average Bonchev–Trinajstić information content (AvgIpc) is 2.87. The Morgan fingerprint density at radius 1 is 1.25 bits per heavy atom. The van der Waals surface area contributed by atoms with E-state index in [1.807, 2.05) is 32.6 Å². The molecule has 1 rings (SSSR count). The Hall–Kier alpha value is -0.880. The van der Waals surface area contributed by atoms with Crippen LogP contribution in [0.3, 0.4) is 0 Å². The number of sulfone groups is 1. The molecule has 0 aromatic carbocycles. The van der Waals surface area contributed by atoms with Crippen LogP contribution < -0.4 is 0 Å². The zero-order valence-corrected chi connectivity index (χ0v) is 14.3. The van der Waals surface area contributed by atoms with Crippen molar-refractivity contribution in [2.45, 2.75) is 57.5 Å². The molecule has 0 aliphatic rings. The van der Waals surface area contributed by atoms with Gasteiger partial charge in [0.05, 0.1) is 9.77 Å². The van der Waals surface area contributed by atoms with Crippen molar-refractivity contribution >= 4 is 27.1 Å². The summed E-state index contributed by atoms with van der Waals surface area (Å²) in [6, 6.07) is 1.77. The lowest BCUT2D eigenvalue weighted by Gasteiger charge is -2.33. The monoisotopic (exact) mass is 317 g/mol. The van der Waals surface area contributed by atoms with E-state index >= 15 is 0 Å². The smallest absolute Gasteiger partial charge is 0.264 e. The second-order valence-electron chi connectivity index (χ2n) is 5.15. The minimum atomic E-state index is -3.25. The van der Waals surface area contributed by atoms with Crippen LogP contribution in [0.5, 0.6) is 0 Å². The molecule has 0 N–H and O–H groups in total. The molecule has 0 saturated heterocycles. The molecule has 0 aliphatic carbocycles.